The number of hydrogen-bond donors (Lipinski definition) is 1. The topological polar surface area (TPSA) is 111 Å². The molecule has 2 aromatic rings. The molecule has 3 rings (SSSR count). The van der Waals surface area contributed by atoms with Gasteiger partial charge in [0, 0.05) is 0 Å². The molecule has 37 heavy (non-hydrogen) atoms. The minimum Gasteiger partial charge on any atom is -0.490 e. The van der Waals surface area contributed by atoms with Gasteiger partial charge in [0.15, 0.2) is 35.6 Å². The number of esters is 1. The van der Waals surface area contributed by atoms with Crippen molar-refractivity contribution in [2.24, 2.45) is 0 Å². The predicted octanol–water partition coefficient (Wildman–Crippen LogP) is 4.12. The number of benzene rings is 2. The maximum absolute atomic E-state index is 13.8. The van der Waals surface area contributed by atoms with Gasteiger partial charge >= 0.3 is 5.97 Å². The van der Waals surface area contributed by atoms with Crippen LogP contribution >= 0.6 is 11.8 Å². The molecule has 0 unspecified atom stereocenters. The van der Waals surface area contributed by atoms with Crippen LogP contribution in [0.25, 0.3) is 6.08 Å². The highest BCUT2D eigenvalue weighted by molar-refractivity contribution is 8.18. The van der Waals surface area contributed by atoms with Crippen molar-refractivity contribution in [2.75, 3.05) is 31.7 Å². The average Bonchev–Trinajstić information content (AvgIpc) is 3.11. The number of carbonyl (C=O) groups is 4. The van der Waals surface area contributed by atoms with E-state index in [1.54, 1.807) is 19.9 Å². The van der Waals surface area contributed by atoms with E-state index in [0.29, 0.717) is 28.3 Å². The molecule has 1 aliphatic rings. The first-order valence-corrected chi connectivity index (χ1v) is 11.7. The van der Waals surface area contributed by atoms with E-state index in [2.05, 4.69) is 0 Å². The summed E-state index contributed by atoms with van der Waals surface area (Å²) in [4.78, 5) is 49.5. The molecule has 2 aromatic carbocycles. The van der Waals surface area contributed by atoms with E-state index in [1.807, 2.05) is 5.32 Å². The Morgan fingerprint density at radius 2 is 1.76 bits per heavy atom. The van der Waals surface area contributed by atoms with E-state index in [-0.39, 0.29) is 36.2 Å². The van der Waals surface area contributed by atoms with Crippen LogP contribution in [0.3, 0.4) is 0 Å². The number of nitrogens with zero attached hydrogens (tertiary/aromatic N) is 1. The lowest BCUT2D eigenvalue weighted by Gasteiger charge is -2.13. The molecule has 13 heteroatoms. The summed E-state index contributed by atoms with van der Waals surface area (Å²) >= 11 is 0.577. The van der Waals surface area contributed by atoms with Crippen molar-refractivity contribution in [2.45, 2.75) is 13.8 Å². The first-order valence-electron chi connectivity index (χ1n) is 10.9. The Balaban J connectivity index is 1.71. The second kappa shape index (κ2) is 12.3. The first-order chi connectivity index (χ1) is 17.6. The molecule has 0 aromatic heterocycles. The molecule has 1 fully saturated rings. The molecule has 9 nitrogen and oxygen atoms in total. The van der Waals surface area contributed by atoms with Crippen LogP contribution in [0.4, 0.5) is 23.7 Å². The van der Waals surface area contributed by atoms with Crippen molar-refractivity contribution in [3.05, 3.63) is 58.3 Å². The highest BCUT2D eigenvalue weighted by atomic mass is 32.2. The summed E-state index contributed by atoms with van der Waals surface area (Å²) in [5.74, 6) is -6.59. The molecule has 0 aliphatic carbocycles. The molecular weight excluding hydrogens is 517 g/mol. The predicted molar refractivity (Wildman–Crippen MR) is 127 cm³/mol. The van der Waals surface area contributed by atoms with E-state index in [9.17, 15) is 32.3 Å². The summed E-state index contributed by atoms with van der Waals surface area (Å²) in [6.45, 7) is 2.79. The maximum atomic E-state index is 13.8. The van der Waals surface area contributed by atoms with E-state index >= 15 is 0 Å². The van der Waals surface area contributed by atoms with Gasteiger partial charge in [-0.2, -0.15) is 0 Å². The van der Waals surface area contributed by atoms with Gasteiger partial charge in [-0.05, 0) is 61.5 Å². The molecule has 0 bridgehead atoms. The van der Waals surface area contributed by atoms with Gasteiger partial charge in [0.25, 0.3) is 11.1 Å². The van der Waals surface area contributed by atoms with E-state index < -0.39 is 52.7 Å². The Labute approximate surface area is 213 Å². The Hall–Kier alpha value is -4.00. The third-order valence-corrected chi connectivity index (χ3v) is 5.61. The van der Waals surface area contributed by atoms with Crippen molar-refractivity contribution >= 4 is 46.5 Å². The molecular formula is C24H21F3N2O7S. The van der Waals surface area contributed by atoms with Crippen LogP contribution in [0.2, 0.25) is 0 Å². The largest absolute Gasteiger partial charge is 0.490 e. The van der Waals surface area contributed by atoms with E-state index in [1.165, 1.54) is 18.2 Å². The molecule has 1 N–H and O–H groups in total. The third kappa shape index (κ3) is 6.82. The van der Waals surface area contributed by atoms with Gasteiger partial charge in [-0.3, -0.25) is 19.3 Å². The second-order valence-corrected chi connectivity index (χ2v) is 8.27. The van der Waals surface area contributed by atoms with Crippen molar-refractivity contribution < 1.29 is 46.6 Å². The van der Waals surface area contributed by atoms with Crippen LogP contribution in [-0.2, 0) is 19.1 Å². The van der Waals surface area contributed by atoms with Gasteiger partial charge in [0.1, 0.15) is 6.54 Å². The van der Waals surface area contributed by atoms with Gasteiger partial charge in [0.05, 0.1) is 23.8 Å². The average molecular weight is 539 g/mol. The first kappa shape index (κ1) is 27.6. The SMILES string of the molecule is CCOC(=O)COc1ccc(/C=C2\SC(=O)N(CC(=O)Nc3ccc(F)c(F)c3F)C2=O)cc1OCC. The molecule has 1 saturated heterocycles. The highest BCUT2D eigenvalue weighted by Gasteiger charge is 2.36. The van der Waals surface area contributed by atoms with E-state index in [0.717, 1.165) is 6.07 Å². The zero-order chi connectivity index (χ0) is 27.1. The summed E-state index contributed by atoms with van der Waals surface area (Å²) in [7, 11) is 0. The number of thioether (sulfide) groups is 1. The number of amides is 3. The number of hydrogen-bond acceptors (Lipinski definition) is 8. The molecule has 0 atom stereocenters. The fourth-order valence-electron chi connectivity index (χ4n) is 3.08. The van der Waals surface area contributed by atoms with E-state index in [4.69, 9.17) is 14.2 Å². The maximum Gasteiger partial charge on any atom is 0.344 e. The van der Waals surface area contributed by atoms with Crippen LogP contribution in [0.15, 0.2) is 35.2 Å². The fraction of sp³-hybridized carbons (Fsp3) is 0.250. The summed E-state index contributed by atoms with van der Waals surface area (Å²) in [6, 6.07) is 6.06. The smallest absolute Gasteiger partial charge is 0.344 e. The van der Waals surface area contributed by atoms with Crippen molar-refractivity contribution in [1.82, 2.24) is 4.90 Å². The Kier molecular flexibility index (Phi) is 9.17. The summed E-state index contributed by atoms with van der Waals surface area (Å²) in [6.07, 6.45) is 1.40. The minimum atomic E-state index is -1.77. The lowest BCUT2D eigenvalue weighted by Crippen LogP contribution is -2.36. The third-order valence-electron chi connectivity index (χ3n) is 4.70. The minimum absolute atomic E-state index is 0.000511. The van der Waals surface area contributed by atoms with Gasteiger partial charge in [0.2, 0.25) is 5.91 Å². The summed E-state index contributed by atoms with van der Waals surface area (Å²) in [5.41, 5.74) is -0.175. The number of ether oxygens (including phenoxy) is 3. The standard InChI is InChI=1S/C24H21F3N2O7S/c1-3-34-17-9-13(5-8-16(17)36-12-20(31)35-4-2)10-18-23(32)29(24(33)37-18)11-19(30)28-15-7-6-14(25)21(26)22(15)27/h5-10H,3-4,11-12H2,1-2H3,(H,28,30)/b18-10-. The number of halogens is 3. The number of anilines is 1. The molecule has 1 aliphatic heterocycles. The van der Waals surface area contributed by atoms with Crippen LogP contribution in [0.1, 0.15) is 19.4 Å². The molecule has 0 saturated carbocycles. The normalized spacial score (nSPS) is 14.2. The van der Waals surface area contributed by atoms with Crippen LogP contribution < -0.4 is 14.8 Å². The van der Waals surface area contributed by atoms with Crippen molar-refractivity contribution in [1.29, 1.82) is 0 Å². The summed E-state index contributed by atoms with van der Waals surface area (Å²) in [5, 5.41) is 1.25. The number of nitrogens with one attached hydrogen (secondary N) is 1. The number of rotatable bonds is 10. The van der Waals surface area contributed by atoms with Gasteiger partial charge < -0.3 is 19.5 Å². The quantitative estimate of drug-likeness (QED) is 0.273. The molecule has 0 spiro atoms. The van der Waals surface area contributed by atoms with Gasteiger partial charge in [-0.15, -0.1) is 0 Å². The zero-order valence-electron chi connectivity index (χ0n) is 19.6. The molecule has 196 valence electrons. The Morgan fingerprint density at radius 1 is 1.00 bits per heavy atom. The number of carbonyl (C=O) groups excluding carboxylic acids is 4. The Morgan fingerprint density at radius 3 is 2.46 bits per heavy atom. The monoisotopic (exact) mass is 538 g/mol. The highest BCUT2D eigenvalue weighted by Crippen LogP contribution is 2.34. The fourth-order valence-corrected chi connectivity index (χ4v) is 3.92. The van der Waals surface area contributed by atoms with Crippen LogP contribution in [0.5, 0.6) is 11.5 Å². The van der Waals surface area contributed by atoms with Crippen molar-refractivity contribution in [3.8, 4) is 11.5 Å². The van der Waals surface area contributed by atoms with Gasteiger partial charge in [-0.1, -0.05) is 6.07 Å². The number of imide groups is 1. The van der Waals surface area contributed by atoms with Crippen LogP contribution in [-0.4, -0.2) is 54.3 Å². The molecule has 0 radical (unpaired) electrons. The Bertz CT molecular complexity index is 1270. The second-order valence-electron chi connectivity index (χ2n) is 7.27. The lowest BCUT2D eigenvalue weighted by atomic mass is 10.2. The zero-order valence-corrected chi connectivity index (χ0v) is 20.5. The lowest BCUT2D eigenvalue weighted by molar-refractivity contribution is -0.145. The summed E-state index contributed by atoms with van der Waals surface area (Å²) < 4.78 is 56.0. The van der Waals surface area contributed by atoms with Gasteiger partial charge in [-0.25, -0.2) is 18.0 Å². The molecule has 3 amide bonds. The van der Waals surface area contributed by atoms with Crippen LogP contribution in [0, 0.1) is 17.5 Å². The molecule has 1 heterocycles. The van der Waals surface area contributed by atoms with Crippen molar-refractivity contribution in [3.63, 3.8) is 0 Å².